The number of methoxy groups -OCH3 is 2. The van der Waals surface area contributed by atoms with E-state index in [4.69, 9.17) is 9.47 Å². The predicted octanol–water partition coefficient (Wildman–Crippen LogP) is 4.24. The molecule has 0 unspecified atom stereocenters. The number of esters is 1. The molecule has 1 N–H and O–H groups in total. The summed E-state index contributed by atoms with van der Waals surface area (Å²) in [5.74, 6) is 0.555. The Morgan fingerprint density at radius 2 is 1.62 bits per heavy atom. The van der Waals surface area contributed by atoms with Crippen LogP contribution in [0.25, 0.3) is 0 Å². The van der Waals surface area contributed by atoms with E-state index in [9.17, 15) is 18.4 Å². The largest absolute Gasteiger partial charge is 0.493 e. The van der Waals surface area contributed by atoms with E-state index in [0.29, 0.717) is 17.8 Å². The van der Waals surface area contributed by atoms with Gasteiger partial charge in [-0.25, -0.2) is 4.79 Å². The highest BCUT2D eigenvalue weighted by atomic mass is 19.3. The first-order chi connectivity index (χ1) is 13.8. The van der Waals surface area contributed by atoms with Crippen LogP contribution in [0, 0.1) is 23.2 Å². The number of alkyl halides is 2. The van der Waals surface area contributed by atoms with Crippen molar-refractivity contribution >= 4 is 17.6 Å². The van der Waals surface area contributed by atoms with E-state index in [2.05, 4.69) is 10.1 Å². The topological polar surface area (TPSA) is 73.9 Å². The van der Waals surface area contributed by atoms with E-state index in [1.807, 2.05) is 0 Å². The SMILES string of the molecule is COC(=O)c1cc(OC)c(OC(F)F)cc1NC(=O)C12CC3CC(CC(C3)C1)C2. The fourth-order valence-corrected chi connectivity index (χ4v) is 5.93. The van der Waals surface area contributed by atoms with Crippen molar-refractivity contribution in [3.05, 3.63) is 17.7 Å². The Bertz CT molecular complexity index is 790. The highest BCUT2D eigenvalue weighted by molar-refractivity contribution is 6.04. The van der Waals surface area contributed by atoms with Gasteiger partial charge >= 0.3 is 12.6 Å². The van der Waals surface area contributed by atoms with Gasteiger partial charge in [-0.05, 0) is 56.3 Å². The molecule has 8 heteroatoms. The number of ether oxygens (including phenoxy) is 3. The zero-order valence-corrected chi connectivity index (χ0v) is 16.5. The van der Waals surface area contributed by atoms with E-state index in [1.54, 1.807) is 0 Å². The van der Waals surface area contributed by atoms with Crippen molar-refractivity contribution in [3.8, 4) is 11.5 Å². The molecule has 6 nitrogen and oxygen atoms in total. The third kappa shape index (κ3) is 3.65. The second-order valence-electron chi connectivity index (χ2n) is 8.57. The first-order valence-corrected chi connectivity index (χ1v) is 9.90. The van der Waals surface area contributed by atoms with Gasteiger partial charge in [-0.15, -0.1) is 0 Å². The molecule has 4 fully saturated rings. The number of carbonyl (C=O) groups excluding carboxylic acids is 2. The number of halogens is 2. The molecule has 4 bridgehead atoms. The molecule has 0 radical (unpaired) electrons. The van der Waals surface area contributed by atoms with Crippen LogP contribution in [-0.4, -0.2) is 32.7 Å². The van der Waals surface area contributed by atoms with Crippen molar-refractivity contribution < 1.29 is 32.6 Å². The Morgan fingerprint density at radius 3 is 2.10 bits per heavy atom. The van der Waals surface area contributed by atoms with Crippen LogP contribution in [0.3, 0.4) is 0 Å². The minimum Gasteiger partial charge on any atom is -0.493 e. The summed E-state index contributed by atoms with van der Waals surface area (Å²) < 4.78 is 40.0. The molecule has 4 aliphatic carbocycles. The van der Waals surface area contributed by atoms with Gasteiger partial charge in [0.2, 0.25) is 5.91 Å². The maximum atomic E-state index is 13.3. The van der Waals surface area contributed by atoms with Crippen molar-refractivity contribution in [1.82, 2.24) is 0 Å². The van der Waals surface area contributed by atoms with Crippen LogP contribution in [0.1, 0.15) is 48.9 Å². The molecule has 1 aromatic rings. The average molecular weight is 409 g/mol. The van der Waals surface area contributed by atoms with E-state index >= 15 is 0 Å². The average Bonchev–Trinajstić information content (AvgIpc) is 2.66. The van der Waals surface area contributed by atoms with Gasteiger partial charge in [0.1, 0.15) is 0 Å². The van der Waals surface area contributed by atoms with Gasteiger partial charge in [0, 0.05) is 12.1 Å². The third-order valence-electron chi connectivity index (χ3n) is 6.69. The van der Waals surface area contributed by atoms with Gasteiger partial charge in [-0.2, -0.15) is 8.78 Å². The van der Waals surface area contributed by atoms with Gasteiger partial charge in [-0.3, -0.25) is 4.79 Å². The van der Waals surface area contributed by atoms with Crippen molar-refractivity contribution in [3.63, 3.8) is 0 Å². The van der Waals surface area contributed by atoms with Gasteiger partial charge in [0.15, 0.2) is 11.5 Å². The summed E-state index contributed by atoms with van der Waals surface area (Å²) in [6.07, 6.45) is 6.09. The zero-order valence-electron chi connectivity index (χ0n) is 16.5. The Hall–Kier alpha value is -2.38. The fraction of sp³-hybridized carbons (Fsp3) is 0.619. The number of hydrogen-bond acceptors (Lipinski definition) is 5. The van der Waals surface area contributed by atoms with E-state index in [-0.39, 0.29) is 28.7 Å². The molecule has 0 aromatic heterocycles. The fourth-order valence-electron chi connectivity index (χ4n) is 5.93. The molecule has 5 rings (SSSR count). The Kier molecular flexibility index (Phi) is 5.12. The first-order valence-electron chi connectivity index (χ1n) is 9.90. The summed E-state index contributed by atoms with van der Waals surface area (Å²) in [7, 11) is 2.49. The monoisotopic (exact) mass is 409 g/mol. The molecular weight excluding hydrogens is 384 g/mol. The highest BCUT2D eigenvalue weighted by Crippen LogP contribution is 2.60. The zero-order chi connectivity index (χ0) is 20.8. The van der Waals surface area contributed by atoms with Crippen LogP contribution in [0.2, 0.25) is 0 Å². The third-order valence-corrected chi connectivity index (χ3v) is 6.69. The van der Waals surface area contributed by atoms with Gasteiger partial charge in [0.25, 0.3) is 0 Å². The number of benzene rings is 1. The number of anilines is 1. The normalized spacial score (nSPS) is 29.6. The molecule has 0 heterocycles. The van der Waals surface area contributed by atoms with E-state index < -0.39 is 18.0 Å². The number of carbonyl (C=O) groups is 2. The summed E-state index contributed by atoms with van der Waals surface area (Å²) in [6, 6.07) is 2.45. The summed E-state index contributed by atoms with van der Waals surface area (Å²) in [5, 5.41) is 2.83. The minimum atomic E-state index is -3.07. The molecule has 158 valence electrons. The molecule has 0 atom stereocenters. The second kappa shape index (κ2) is 7.46. The van der Waals surface area contributed by atoms with Gasteiger partial charge in [0.05, 0.1) is 30.9 Å². The molecule has 0 saturated heterocycles. The summed E-state index contributed by atoms with van der Waals surface area (Å²) >= 11 is 0. The molecule has 29 heavy (non-hydrogen) atoms. The minimum absolute atomic E-state index is 0.0315. The maximum absolute atomic E-state index is 13.3. The van der Waals surface area contributed by atoms with Gasteiger partial charge < -0.3 is 19.5 Å². The highest BCUT2D eigenvalue weighted by Gasteiger charge is 2.54. The van der Waals surface area contributed by atoms with E-state index in [0.717, 1.165) is 19.3 Å². The number of amides is 1. The quantitative estimate of drug-likeness (QED) is 0.712. The Balaban J connectivity index is 1.66. The van der Waals surface area contributed by atoms with Crippen molar-refractivity contribution in [2.24, 2.45) is 23.2 Å². The van der Waals surface area contributed by atoms with Crippen LogP contribution in [-0.2, 0) is 9.53 Å². The molecule has 1 amide bonds. The molecule has 4 aliphatic rings. The van der Waals surface area contributed by atoms with Crippen molar-refractivity contribution in [2.75, 3.05) is 19.5 Å². The molecule has 4 saturated carbocycles. The van der Waals surface area contributed by atoms with Crippen LogP contribution in [0.15, 0.2) is 12.1 Å². The standard InChI is InChI=1S/C21H25F2NO5/c1-27-16-6-14(18(25)28-2)15(7-17(16)29-20(22)23)24-19(26)21-8-11-3-12(9-21)5-13(4-11)10-21/h6-7,11-13,20H,3-5,8-10H2,1-2H3,(H,24,26). The predicted molar refractivity (Wildman–Crippen MR) is 100 cm³/mol. The van der Waals surface area contributed by atoms with Crippen LogP contribution < -0.4 is 14.8 Å². The maximum Gasteiger partial charge on any atom is 0.387 e. The number of rotatable bonds is 6. The van der Waals surface area contributed by atoms with Crippen LogP contribution >= 0.6 is 0 Å². The molecule has 1 aromatic carbocycles. The lowest BCUT2D eigenvalue weighted by Gasteiger charge is -2.55. The van der Waals surface area contributed by atoms with Crippen molar-refractivity contribution in [2.45, 2.75) is 45.1 Å². The molecular formula is C21H25F2NO5. The summed E-state index contributed by atoms with van der Waals surface area (Å²) in [5.41, 5.74) is -0.329. The smallest absolute Gasteiger partial charge is 0.387 e. The van der Waals surface area contributed by atoms with Crippen molar-refractivity contribution in [1.29, 1.82) is 0 Å². The number of nitrogens with one attached hydrogen (secondary N) is 1. The second-order valence-corrected chi connectivity index (χ2v) is 8.57. The number of hydrogen-bond donors (Lipinski definition) is 1. The lowest BCUT2D eigenvalue weighted by atomic mass is 9.49. The summed E-state index contributed by atoms with van der Waals surface area (Å²) in [6.45, 7) is -3.07. The van der Waals surface area contributed by atoms with Crippen LogP contribution in [0.4, 0.5) is 14.5 Å². The lowest BCUT2D eigenvalue weighted by molar-refractivity contribution is -0.140. The van der Waals surface area contributed by atoms with E-state index in [1.165, 1.54) is 45.6 Å². The lowest BCUT2D eigenvalue weighted by Crippen LogP contribution is -2.51. The molecule has 0 aliphatic heterocycles. The van der Waals surface area contributed by atoms with Gasteiger partial charge in [-0.1, -0.05) is 0 Å². The summed E-state index contributed by atoms with van der Waals surface area (Å²) in [4.78, 5) is 25.6. The van der Waals surface area contributed by atoms with Crippen LogP contribution in [0.5, 0.6) is 11.5 Å². The Labute approximate surface area is 167 Å². The first kappa shape index (κ1) is 19.9. The molecule has 0 spiro atoms. The Morgan fingerprint density at radius 1 is 1.03 bits per heavy atom.